The van der Waals surface area contributed by atoms with Gasteiger partial charge in [0, 0.05) is 54.4 Å². The summed E-state index contributed by atoms with van der Waals surface area (Å²) in [6.45, 7) is 5.92. The van der Waals surface area contributed by atoms with Crippen molar-refractivity contribution < 1.29 is 4.79 Å². The molecule has 3 atom stereocenters. The maximum absolute atomic E-state index is 11.4. The molecule has 2 fully saturated rings. The molecule has 0 radical (unpaired) electrons. The van der Waals surface area contributed by atoms with Crippen molar-refractivity contribution in [2.24, 2.45) is 11.7 Å². The number of carbonyl (C=O) groups is 1. The van der Waals surface area contributed by atoms with Crippen LogP contribution in [-0.2, 0) is 4.79 Å². The number of primary amides is 1. The van der Waals surface area contributed by atoms with Crippen molar-refractivity contribution in [1.29, 1.82) is 0 Å². The number of benzene rings is 2. The average Bonchev–Trinajstić information content (AvgIpc) is 3.22. The van der Waals surface area contributed by atoms with E-state index in [-0.39, 0.29) is 11.9 Å². The fourth-order valence-corrected chi connectivity index (χ4v) is 6.03. The van der Waals surface area contributed by atoms with Crippen molar-refractivity contribution >= 4 is 52.1 Å². The van der Waals surface area contributed by atoms with Crippen molar-refractivity contribution in [3.8, 4) is 0 Å². The Balaban J connectivity index is 1.40. The molecule has 5 nitrogen and oxygen atoms in total. The Morgan fingerprint density at radius 2 is 1.82 bits per heavy atom. The lowest BCUT2D eigenvalue weighted by Gasteiger charge is -2.41. The molecule has 0 bridgehead atoms. The van der Waals surface area contributed by atoms with Gasteiger partial charge in [-0.1, -0.05) is 47.3 Å². The zero-order chi connectivity index (χ0) is 23.5. The highest BCUT2D eigenvalue weighted by atomic mass is 35.5. The van der Waals surface area contributed by atoms with Crippen LogP contribution in [0.5, 0.6) is 0 Å². The molecule has 2 aromatic carbocycles. The first kappa shape index (κ1) is 24.5. The highest BCUT2D eigenvalue weighted by molar-refractivity contribution is 6.35. The largest absolute Gasteiger partial charge is 0.377 e. The number of nitrogens with one attached hydrogen (secondary N) is 1. The number of halogens is 3. The lowest BCUT2D eigenvalue weighted by atomic mass is 9.97. The molecular weight excluding hydrogens is 479 g/mol. The Morgan fingerprint density at radius 3 is 2.52 bits per heavy atom. The smallest absolute Gasteiger partial charge is 0.217 e. The van der Waals surface area contributed by atoms with Crippen molar-refractivity contribution in [2.45, 2.75) is 44.7 Å². The van der Waals surface area contributed by atoms with Crippen LogP contribution in [0.25, 0.3) is 0 Å². The average molecular weight is 510 g/mol. The van der Waals surface area contributed by atoms with Gasteiger partial charge in [-0.05, 0) is 61.6 Å². The van der Waals surface area contributed by atoms with E-state index in [1.165, 1.54) is 6.42 Å². The van der Waals surface area contributed by atoms with E-state index in [0.717, 1.165) is 56.0 Å². The van der Waals surface area contributed by atoms with Gasteiger partial charge < -0.3 is 16.0 Å². The second-order valence-corrected chi connectivity index (χ2v) is 10.4. The summed E-state index contributed by atoms with van der Waals surface area (Å²) in [5, 5.41) is 5.43. The second-order valence-electron chi connectivity index (χ2n) is 9.15. The molecular formula is C25H31Cl3N4O. The SMILES string of the molecule is C[C@@H](Nc1cc(N2CCN(C3CCCC3CC(N)=O)CC2)ccc1Cl)c1ccc(Cl)cc1Cl. The topological polar surface area (TPSA) is 61.6 Å². The number of nitrogens with two attached hydrogens (primary N) is 1. The Bertz CT molecular complexity index is 994. The summed E-state index contributed by atoms with van der Waals surface area (Å²) < 4.78 is 0. The summed E-state index contributed by atoms with van der Waals surface area (Å²) in [6, 6.07) is 12.1. The highest BCUT2D eigenvalue weighted by Gasteiger charge is 2.34. The monoisotopic (exact) mass is 508 g/mol. The van der Waals surface area contributed by atoms with Crippen LogP contribution < -0.4 is 16.0 Å². The zero-order valence-corrected chi connectivity index (χ0v) is 21.1. The van der Waals surface area contributed by atoms with Crippen LogP contribution in [0.3, 0.4) is 0 Å². The van der Waals surface area contributed by atoms with Crippen molar-refractivity contribution in [1.82, 2.24) is 4.90 Å². The van der Waals surface area contributed by atoms with Crippen molar-refractivity contribution in [3.05, 3.63) is 57.0 Å². The minimum absolute atomic E-state index is 0.0241. The van der Waals surface area contributed by atoms with E-state index in [1.54, 1.807) is 6.07 Å². The van der Waals surface area contributed by atoms with E-state index < -0.39 is 0 Å². The first-order valence-electron chi connectivity index (χ1n) is 11.6. The quantitative estimate of drug-likeness (QED) is 0.481. The van der Waals surface area contributed by atoms with Gasteiger partial charge in [0.25, 0.3) is 0 Å². The van der Waals surface area contributed by atoms with Gasteiger partial charge in [-0.2, -0.15) is 0 Å². The van der Waals surface area contributed by atoms with E-state index >= 15 is 0 Å². The van der Waals surface area contributed by atoms with Gasteiger partial charge in [-0.3, -0.25) is 9.69 Å². The minimum Gasteiger partial charge on any atom is -0.377 e. The number of piperazine rings is 1. The molecule has 8 heteroatoms. The third kappa shape index (κ3) is 5.89. The van der Waals surface area contributed by atoms with Crippen LogP contribution in [-0.4, -0.2) is 43.0 Å². The van der Waals surface area contributed by atoms with Crippen molar-refractivity contribution in [3.63, 3.8) is 0 Å². The Labute approximate surface area is 211 Å². The molecule has 1 aliphatic carbocycles. The van der Waals surface area contributed by atoms with Crippen molar-refractivity contribution in [2.75, 3.05) is 36.4 Å². The predicted octanol–water partition coefficient (Wildman–Crippen LogP) is 5.99. The normalized spacial score (nSPS) is 22.4. The molecule has 178 valence electrons. The standard InChI is InChI=1S/C25H31Cl3N4O/c1-16(20-7-5-18(26)14-22(20)28)30-23-15-19(6-8-21(23)27)31-9-11-32(12-10-31)24-4-2-3-17(24)13-25(29)33/h5-8,14-17,24,30H,2-4,9-13H2,1H3,(H2,29,33)/t16-,17?,24?/m1/s1. The minimum atomic E-state index is -0.180. The molecule has 2 unspecified atom stereocenters. The van der Waals surface area contributed by atoms with Crippen LogP contribution in [0.4, 0.5) is 11.4 Å². The fourth-order valence-electron chi connectivity index (χ4n) is 5.29. The Kier molecular flexibility index (Phi) is 7.95. The molecule has 0 aromatic heterocycles. The molecule has 3 N–H and O–H groups in total. The Morgan fingerprint density at radius 1 is 1.06 bits per heavy atom. The number of nitrogens with zero attached hydrogens (tertiary/aromatic N) is 2. The third-order valence-corrected chi connectivity index (χ3v) is 7.87. The number of hydrogen-bond donors (Lipinski definition) is 2. The number of amides is 1. The van der Waals surface area contributed by atoms with E-state index in [0.29, 0.717) is 33.4 Å². The first-order valence-corrected chi connectivity index (χ1v) is 12.7. The molecule has 1 saturated heterocycles. The Hall–Kier alpha value is -1.66. The van der Waals surface area contributed by atoms with E-state index in [9.17, 15) is 4.79 Å². The van der Waals surface area contributed by atoms with E-state index in [1.807, 2.05) is 18.2 Å². The van der Waals surface area contributed by atoms with Gasteiger partial charge in [-0.25, -0.2) is 0 Å². The van der Waals surface area contributed by atoms with Gasteiger partial charge in [0.2, 0.25) is 5.91 Å². The van der Waals surface area contributed by atoms with Gasteiger partial charge in [0.05, 0.1) is 16.8 Å². The third-order valence-electron chi connectivity index (χ3n) is 6.98. The molecule has 1 aliphatic heterocycles. The van der Waals surface area contributed by atoms with Crippen LogP contribution in [0.1, 0.15) is 44.2 Å². The lowest BCUT2D eigenvalue weighted by molar-refractivity contribution is -0.119. The van der Waals surface area contributed by atoms with Crippen LogP contribution in [0.15, 0.2) is 36.4 Å². The maximum Gasteiger partial charge on any atom is 0.217 e. The fraction of sp³-hybridized carbons (Fsp3) is 0.480. The molecule has 1 saturated carbocycles. The molecule has 0 spiro atoms. The van der Waals surface area contributed by atoms with Crippen LogP contribution in [0, 0.1) is 5.92 Å². The summed E-state index contributed by atoms with van der Waals surface area (Å²) in [5.74, 6) is 0.224. The summed E-state index contributed by atoms with van der Waals surface area (Å²) >= 11 is 19.0. The second kappa shape index (κ2) is 10.7. The van der Waals surface area contributed by atoms with E-state index in [2.05, 4.69) is 34.2 Å². The first-order chi connectivity index (χ1) is 15.8. The van der Waals surface area contributed by atoms with E-state index in [4.69, 9.17) is 40.5 Å². The summed E-state index contributed by atoms with van der Waals surface area (Å²) in [6.07, 6.45) is 3.96. The summed E-state index contributed by atoms with van der Waals surface area (Å²) in [5.41, 5.74) is 8.48. The molecule has 1 amide bonds. The van der Waals surface area contributed by atoms with Gasteiger partial charge >= 0.3 is 0 Å². The molecule has 1 heterocycles. The van der Waals surface area contributed by atoms with Gasteiger partial charge in [0.15, 0.2) is 0 Å². The predicted molar refractivity (Wildman–Crippen MR) is 139 cm³/mol. The van der Waals surface area contributed by atoms with Crippen LogP contribution >= 0.6 is 34.8 Å². The van der Waals surface area contributed by atoms with Gasteiger partial charge in [-0.15, -0.1) is 0 Å². The highest BCUT2D eigenvalue weighted by Crippen LogP contribution is 2.35. The molecule has 33 heavy (non-hydrogen) atoms. The number of rotatable bonds is 7. The lowest BCUT2D eigenvalue weighted by Crippen LogP contribution is -2.51. The zero-order valence-electron chi connectivity index (χ0n) is 18.9. The number of hydrogen-bond acceptors (Lipinski definition) is 4. The van der Waals surface area contributed by atoms with Gasteiger partial charge in [0.1, 0.15) is 0 Å². The molecule has 2 aliphatic rings. The number of anilines is 2. The summed E-state index contributed by atoms with van der Waals surface area (Å²) in [4.78, 5) is 16.4. The maximum atomic E-state index is 11.4. The molecule has 4 rings (SSSR count). The number of carbonyl (C=O) groups excluding carboxylic acids is 1. The molecule has 2 aromatic rings. The van der Waals surface area contributed by atoms with Crippen LogP contribution in [0.2, 0.25) is 15.1 Å². The summed E-state index contributed by atoms with van der Waals surface area (Å²) in [7, 11) is 0.